The van der Waals surface area contributed by atoms with Gasteiger partial charge in [-0.3, -0.25) is 4.79 Å². The Bertz CT molecular complexity index is 626. The molecule has 2 aromatic carbocycles. The molecule has 0 aliphatic rings. The van der Waals surface area contributed by atoms with Crippen molar-refractivity contribution in [3.05, 3.63) is 71.0 Å². The van der Waals surface area contributed by atoms with Crippen molar-refractivity contribution < 1.29 is 18.0 Å². The van der Waals surface area contributed by atoms with Crippen LogP contribution in [0.5, 0.6) is 0 Å². The Morgan fingerprint density at radius 2 is 1.60 bits per heavy atom. The van der Waals surface area contributed by atoms with Gasteiger partial charge in [-0.05, 0) is 36.8 Å². The summed E-state index contributed by atoms with van der Waals surface area (Å²) in [5, 5.41) is 2.57. The smallest absolute Gasteiger partial charge is 0.254 e. The molecule has 0 heterocycles. The van der Waals surface area contributed by atoms with Crippen molar-refractivity contribution in [2.24, 2.45) is 0 Å². The summed E-state index contributed by atoms with van der Waals surface area (Å²) in [4.78, 5) is 11.9. The summed E-state index contributed by atoms with van der Waals surface area (Å²) in [5.74, 6) is -2.70. The zero-order valence-corrected chi connectivity index (χ0v) is 10.7. The van der Waals surface area contributed by atoms with Crippen LogP contribution in [0.2, 0.25) is 0 Å². The SMILES string of the molecule is C[C@H](NC(=O)c1ccc(F)cc1F)c1ccc(F)cc1. The van der Waals surface area contributed by atoms with Gasteiger partial charge in [0.2, 0.25) is 0 Å². The largest absolute Gasteiger partial charge is 0.345 e. The standard InChI is InChI=1S/C15H12F3NO/c1-9(10-2-4-11(16)5-3-10)19-15(20)13-7-6-12(17)8-14(13)18/h2-9H,1H3,(H,19,20)/t9-/m0/s1. The molecule has 2 rings (SSSR count). The predicted octanol–water partition coefficient (Wildman–Crippen LogP) is 3.59. The molecular weight excluding hydrogens is 267 g/mol. The van der Waals surface area contributed by atoms with E-state index < -0.39 is 23.6 Å². The van der Waals surface area contributed by atoms with Gasteiger partial charge in [-0.2, -0.15) is 0 Å². The van der Waals surface area contributed by atoms with Crippen LogP contribution in [-0.2, 0) is 0 Å². The van der Waals surface area contributed by atoms with Gasteiger partial charge >= 0.3 is 0 Å². The van der Waals surface area contributed by atoms with Crippen molar-refractivity contribution in [3.63, 3.8) is 0 Å². The van der Waals surface area contributed by atoms with E-state index in [1.165, 1.54) is 24.3 Å². The number of amides is 1. The Hall–Kier alpha value is -2.30. The third kappa shape index (κ3) is 3.17. The molecule has 0 aliphatic heterocycles. The average Bonchev–Trinajstić information content (AvgIpc) is 2.39. The number of nitrogens with one attached hydrogen (secondary N) is 1. The summed E-state index contributed by atoms with van der Waals surface area (Å²) in [6.45, 7) is 1.69. The summed E-state index contributed by atoms with van der Waals surface area (Å²) in [6.07, 6.45) is 0. The third-order valence-corrected chi connectivity index (χ3v) is 2.89. The Morgan fingerprint density at radius 3 is 2.20 bits per heavy atom. The summed E-state index contributed by atoms with van der Waals surface area (Å²) < 4.78 is 39.0. The minimum Gasteiger partial charge on any atom is -0.345 e. The first-order valence-electron chi connectivity index (χ1n) is 5.99. The van der Waals surface area contributed by atoms with E-state index in [1.807, 2.05) is 0 Å². The van der Waals surface area contributed by atoms with Crippen molar-refractivity contribution in [3.8, 4) is 0 Å². The van der Waals surface area contributed by atoms with Crippen LogP contribution < -0.4 is 5.32 Å². The van der Waals surface area contributed by atoms with E-state index in [-0.39, 0.29) is 11.4 Å². The van der Waals surface area contributed by atoms with Crippen LogP contribution >= 0.6 is 0 Å². The number of carbonyl (C=O) groups excluding carboxylic acids is 1. The molecule has 0 aromatic heterocycles. The first-order valence-corrected chi connectivity index (χ1v) is 5.99. The molecule has 0 unspecified atom stereocenters. The molecule has 0 saturated carbocycles. The minimum atomic E-state index is -0.922. The quantitative estimate of drug-likeness (QED) is 0.914. The molecule has 1 N–H and O–H groups in total. The van der Waals surface area contributed by atoms with Crippen LogP contribution in [0, 0.1) is 17.5 Å². The van der Waals surface area contributed by atoms with E-state index in [0.717, 1.165) is 12.1 Å². The van der Waals surface area contributed by atoms with Crippen molar-refractivity contribution in [2.45, 2.75) is 13.0 Å². The molecule has 0 bridgehead atoms. The van der Waals surface area contributed by atoms with Crippen LogP contribution in [0.15, 0.2) is 42.5 Å². The first kappa shape index (κ1) is 14.1. The van der Waals surface area contributed by atoms with Crippen LogP contribution in [-0.4, -0.2) is 5.91 Å². The fourth-order valence-electron chi connectivity index (χ4n) is 1.78. The van der Waals surface area contributed by atoms with Crippen LogP contribution in [0.4, 0.5) is 13.2 Å². The van der Waals surface area contributed by atoms with Crippen molar-refractivity contribution in [2.75, 3.05) is 0 Å². The summed E-state index contributed by atoms with van der Waals surface area (Å²) in [6, 6.07) is 7.93. The molecular formula is C15H12F3NO. The molecule has 0 radical (unpaired) electrons. The van der Waals surface area contributed by atoms with E-state index in [1.54, 1.807) is 6.92 Å². The highest BCUT2D eigenvalue weighted by atomic mass is 19.1. The van der Waals surface area contributed by atoms with E-state index in [9.17, 15) is 18.0 Å². The highest BCUT2D eigenvalue weighted by Crippen LogP contribution is 2.15. The highest BCUT2D eigenvalue weighted by molar-refractivity contribution is 5.94. The van der Waals surface area contributed by atoms with Crippen LogP contribution in [0.25, 0.3) is 0 Å². The predicted molar refractivity (Wildman–Crippen MR) is 68.6 cm³/mol. The number of carbonyl (C=O) groups is 1. The maximum Gasteiger partial charge on any atom is 0.254 e. The van der Waals surface area contributed by atoms with E-state index in [4.69, 9.17) is 0 Å². The third-order valence-electron chi connectivity index (χ3n) is 2.89. The number of benzene rings is 2. The molecule has 1 atom stereocenters. The number of hydrogen-bond acceptors (Lipinski definition) is 1. The molecule has 5 heteroatoms. The average molecular weight is 279 g/mol. The van der Waals surface area contributed by atoms with Gasteiger partial charge in [0.05, 0.1) is 11.6 Å². The summed E-state index contributed by atoms with van der Waals surface area (Å²) in [5.41, 5.74) is 0.447. The zero-order valence-electron chi connectivity index (χ0n) is 10.7. The lowest BCUT2D eigenvalue weighted by atomic mass is 10.1. The maximum atomic E-state index is 13.5. The second-order valence-corrected chi connectivity index (χ2v) is 4.37. The number of halogens is 3. The lowest BCUT2D eigenvalue weighted by Gasteiger charge is -2.14. The van der Waals surface area contributed by atoms with E-state index in [2.05, 4.69) is 5.32 Å². The van der Waals surface area contributed by atoms with Gasteiger partial charge < -0.3 is 5.32 Å². The van der Waals surface area contributed by atoms with Gasteiger partial charge in [-0.25, -0.2) is 13.2 Å². The monoisotopic (exact) mass is 279 g/mol. The second-order valence-electron chi connectivity index (χ2n) is 4.37. The van der Waals surface area contributed by atoms with Crippen LogP contribution in [0.3, 0.4) is 0 Å². The normalized spacial score (nSPS) is 12.0. The summed E-state index contributed by atoms with van der Waals surface area (Å²) in [7, 11) is 0. The molecule has 0 spiro atoms. The fourth-order valence-corrected chi connectivity index (χ4v) is 1.78. The minimum absolute atomic E-state index is 0.236. The van der Waals surface area contributed by atoms with E-state index >= 15 is 0 Å². The number of rotatable bonds is 3. The van der Waals surface area contributed by atoms with Gasteiger partial charge in [-0.15, -0.1) is 0 Å². The Labute approximate surface area is 114 Å². The second kappa shape index (κ2) is 5.77. The molecule has 2 nitrogen and oxygen atoms in total. The van der Waals surface area contributed by atoms with Crippen molar-refractivity contribution >= 4 is 5.91 Å². The van der Waals surface area contributed by atoms with Gasteiger partial charge in [0.15, 0.2) is 0 Å². The fraction of sp³-hybridized carbons (Fsp3) is 0.133. The molecule has 0 saturated heterocycles. The maximum absolute atomic E-state index is 13.5. The topological polar surface area (TPSA) is 29.1 Å². The van der Waals surface area contributed by atoms with E-state index in [0.29, 0.717) is 11.6 Å². The Balaban J connectivity index is 2.13. The Morgan fingerprint density at radius 1 is 1.00 bits per heavy atom. The van der Waals surface area contributed by atoms with Gasteiger partial charge in [0.1, 0.15) is 17.5 Å². The van der Waals surface area contributed by atoms with Crippen LogP contribution in [0.1, 0.15) is 28.9 Å². The molecule has 2 aromatic rings. The first-order chi connectivity index (χ1) is 9.47. The number of hydrogen-bond donors (Lipinski definition) is 1. The molecule has 20 heavy (non-hydrogen) atoms. The van der Waals surface area contributed by atoms with Gasteiger partial charge in [-0.1, -0.05) is 12.1 Å². The van der Waals surface area contributed by atoms with Crippen molar-refractivity contribution in [1.82, 2.24) is 5.32 Å². The lowest BCUT2D eigenvalue weighted by Crippen LogP contribution is -2.27. The molecule has 0 aliphatic carbocycles. The van der Waals surface area contributed by atoms with Gasteiger partial charge in [0, 0.05) is 6.07 Å². The molecule has 104 valence electrons. The summed E-state index contributed by atoms with van der Waals surface area (Å²) >= 11 is 0. The zero-order chi connectivity index (χ0) is 14.7. The van der Waals surface area contributed by atoms with Gasteiger partial charge in [0.25, 0.3) is 5.91 Å². The molecule has 1 amide bonds. The molecule has 0 fully saturated rings. The van der Waals surface area contributed by atoms with Crippen molar-refractivity contribution in [1.29, 1.82) is 0 Å². The highest BCUT2D eigenvalue weighted by Gasteiger charge is 2.15. The lowest BCUT2D eigenvalue weighted by molar-refractivity contribution is 0.0935. The Kier molecular flexibility index (Phi) is 4.08.